The molecule has 6 nitrogen and oxygen atoms in total. The number of hydrogen-bond donors (Lipinski definition) is 2. The van der Waals surface area contributed by atoms with Gasteiger partial charge in [0.1, 0.15) is 5.02 Å². The first kappa shape index (κ1) is 14.5. The van der Waals surface area contributed by atoms with E-state index in [2.05, 4.69) is 20.6 Å². The van der Waals surface area contributed by atoms with Crippen LogP contribution in [-0.2, 0) is 4.79 Å². The number of nitrogens with one attached hydrogen (secondary N) is 2. The molecule has 0 saturated carbocycles. The van der Waals surface area contributed by atoms with Crippen molar-refractivity contribution in [3.63, 3.8) is 0 Å². The van der Waals surface area contributed by atoms with Gasteiger partial charge in [0.15, 0.2) is 5.82 Å². The highest BCUT2D eigenvalue weighted by atomic mass is 35.5. The Morgan fingerprint density at radius 1 is 1.56 bits per heavy atom. The third kappa shape index (κ3) is 4.03. The number of rotatable bonds is 6. The molecule has 7 heteroatoms. The van der Waals surface area contributed by atoms with E-state index in [1.165, 1.54) is 0 Å². The Balaban J connectivity index is 2.74. The van der Waals surface area contributed by atoms with E-state index < -0.39 is 0 Å². The summed E-state index contributed by atoms with van der Waals surface area (Å²) >= 11 is 6.05. The number of amides is 1. The SMILES string of the molecule is CCNc1ncc(Cl)c(N(C)CCC(=O)NC)n1. The molecular formula is C11H18ClN5O. The van der Waals surface area contributed by atoms with Crippen LogP contribution < -0.4 is 15.5 Å². The molecule has 1 rings (SSSR count). The summed E-state index contributed by atoms with van der Waals surface area (Å²) in [4.78, 5) is 21.4. The smallest absolute Gasteiger partial charge is 0.224 e. The van der Waals surface area contributed by atoms with Crippen LogP contribution in [0.3, 0.4) is 0 Å². The van der Waals surface area contributed by atoms with Crippen LogP contribution in [0.15, 0.2) is 6.20 Å². The van der Waals surface area contributed by atoms with Crippen LogP contribution in [0.1, 0.15) is 13.3 Å². The topological polar surface area (TPSA) is 70.2 Å². The number of anilines is 2. The largest absolute Gasteiger partial charge is 0.359 e. The van der Waals surface area contributed by atoms with Crippen LogP contribution in [0.25, 0.3) is 0 Å². The number of halogens is 1. The maximum Gasteiger partial charge on any atom is 0.224 e. The lowest BCUT2D eigenvalue weighted by atomic mass is 10.3. The van der Waals surface area contributed by atoms with Gasteiger partial charge >= 0.3 is 0 Å². The molecule has 1 aromatic rings. The molecule has 100 valence electrons. The van der Waals surface area contributed by atoms with Gasteiger partial charge in [0.05, 0.1) is 6.20 Å². The molecule has 0 radical (unpaired) electrons. The first-order valence-electron chi connectivity index (χ1n) is 5.76. The highest BCUT2D eigenvalue weighted by Crippen LogP contribution is 2.22. The zero-order valence-corrected chi connectivity index (χ0v) is 11.6. The molecule has 0 aliphatic carbocycles. The molecule has 0 saturated heterocycles. The second-order valence-electron chi connectivity index (χ2n) is 3.74. The molecule has 0 atom stereocenters. The fourth-order valence-electron chi connectivity index (χ4n) is 1.37. The molecule has 1 amide bonds. The summed E-state index contributed by atoms with van der Waals surface area (Å²) < 4.78 is 0. The van der Waals surface area contributed by atoms with Crippen molar-refractivity contribution in [2.45, 2.75) is 13.3 Å². The monoisotopic (exact) mass is 271 g/mol. The second kappa shape index (κ2) is 7.00. The van der Waals surface area contributed by atoms with Crippen molar-refractivity contribution in [1.82, 2.24) is 15.3 Å². The van der Waals surface area contributed by atoms with Gasteiger partial charge < -0.3 is 15.5 Å². The van der Waals surface area contributed by atoms with Crippen molar-refractivity contribution in [2.75, 3.05) is 37.4 Å². The summed E-state index contributed by atoms with van der Waals surface area (Å²) in [6.07, 6.45) is 1.95. The molecule has 0 unspecified atom stereocenters. The number of aromatic nitrogens is 2. The molecule has 0 spiro atoms. The van der Waals surface area contributed by atoms with E-state index in [1.54, 1.807) is 13.2 Å². The summed E-state index contributed by atoms with van der Waals surface area (Å²) in [6, 6.07) is 0. The minimum atomic E-state index is -0.0149. The van der Waals surface area contributed by atoms with Gasteiger partial charge in [0, 0.05) is 33.6 Å². The van der Waals surface area contributed by atoms with Crippen LogP contribution in [-0.4, -0.2) is 43.1 Å². The quantitative estimate of drug-likeness (QED) is 0.812. The molecule has 1 aromatic heterocycles. The van der Waals surface area contributed by atoms with E-state index in [1.807, 2.05) is 18.9 Å². The molecule has 1 heterocycles. The highest BCUT2D eigenvalue weighted by molar-refractivity contribution is 6.32. The van der Waals surface area contributed by atoms with Gasteiger partial charge in [-0.05, 0) is 6.92 Å². The lowest BCUT2D eigenvalue weighted by molar-refractivity contribution is -0.120. The minimum Gasteiger partial charge on any atom is -0.359 e. The van der Waals surface area contributed by atoms with Crippen LogP contribution in [0.5, 0.6) is 0 Å². The first-order valence-corrected chi connectivity index (χ1v) is 6.14. The summed E-state index contributed by atoms with van der Waals surface area (Å²) in [5.41, 5.74) is 0. The van der Waals surface area contributed by atoms with E-state index in [4.69, 9.17) is 11.6 Å². The van der Waals surface area contributed by atoms with Gasteiger partial charge in [-0.2, -0.15) is 4.98 Å². The maximum absolute atomic E-state index is 11.2. The fraction of sp³-hybridized carbons (Fsp3) is 0.545. The molecule has 0 bridgehead atoms. The Morgan fingerprint density at radius 2 is 2.28 bits per heavy atom. The van der Waals surface area contributed by atoms with Gasteiger partial charge in [-0.1, -0.05) is 11.6 Å². The molecule has 0 fully saturated rings. The molecular weight excluding hydrogens is 254 g/mol. The zero-order chi connectivity index (χ0) is 13.5. The highest BCUT2D eigenvalue weighted by Gasteiger charge is 2.11. The van der Waals surface area contributed by atoms with Gasteiger partial charge in [0.25, 0.3) is 0 Å². The zero-order valence-electron chi connectivity index (χ0n) is 10.8. The average molecular weight is 272 g/mol. The van der Waals surface area contributed by atoms with Crippen molar-refractivity contribution in [2.24, 2.45) is 0 Å². The van der Waals surface area contributed by atoms with Crippen molar-refractivity contribution < 1.29 is 4.79 Å². The molecule has 2 N–H and O–H groups in total. The van der Waals surface area contributed by atoms with Gasteiger partial charge in [-0.3, -0.25) is 4.79 Å². The van der Waals surface area contributed by atoms with Crippen LogP contribution in [0.2, 0.25) is 5.02 Å². The Labute approximate surface area is 112 Å². The normalized spacial score (nSPS) is 10.0. The average Bonchev–Trinajstić information content (AvgIpc) is 2.38. The standard InChI is InChI=1S/C11H18ClN5O/c1-4-14-11-15-7-8(12)10(16-11)17(3)6-5-9(18)13-2/h7H,4-6H2,1-3H3,(H,13,18)(H,14,15,16). The van der Waals surface area contributed by atoms with E-state index in [-0.39, 0.29) is 5.91 Å². The van der Waals surface area contributed by atoms with E-state index >= 15 is 0 Å². The van der Waals surface area contributed by atoms with Crippen LogP contribution in [0.4, 0.5) is 11.8 Å². The summed E-state index contributed by atoms with van der Waals surface area (Å²) in [5, 5.41) is 6.06. The Morgan fingerprint density at radius 3 is 2.89 bits per heavy atom. The Bertz CT molecular complexity index is 412. The van der Waals surface area contributed by atoms with E-state index in [0.717, 1.165) is 6.54 Å². The Kier molecular flexibility index (Phi) is 5.64. The molecule has 0 aliphatic rings. The number of nitrogens with zero attached hydrogens (tertiary/aromatic N) is 3. The van der Waals surface area contributed by atoms with Gasteiger partial charge in [-0.25, -0.2) is 4.98 Å². The molecule has 18 heavy (non-hydrogen) atoms. The van der Waals surface area contributed by atoms with Crippen molar-refractivity contribution >= 4 is 29.3 Å². The molecule has 0 aromatic carbocycles. The van der Waals surface area contributed by atoms with Crippen LogP contribution >= 0.6 is 11.6 Å². The lowest BCUT2D eigenvalue weighted by Gasteiger charge is -2.19. The van der Waals surface area contributed by atoms with E-state index in [0.29, 0.717) is 29.8 Å². The predicted molar refractivity (Wildman–Crippen MR) is 73.2 cm³/mol. The predicted octanol–water partition coefficient (Wildman–Crippen LogP) is 1.13. The molecule has 0 aliphatic heterocycles. The summed E-state index contributed by atoms with van der Waals surface area (Å²) in [6.45, 7) is 3.25. The number of carbonyl (C=O) groups excluding carboxylic acids is 1. The summed E-state index contributed by atoms with van der Waals surface area (Å²) in [7, 11) is 3.45. The van der Waals surface area contributed by atoms with Crippen molar-refractivity contribution in [3.8, 4) is 0 Å². The number of carbonyl (C=O) groups is 1. The fourth-order valence-corrected chi connectivity index (χ4v) is 1.60. The second-order valence-corrected chi connectivity index (χ2v) is 4.15. The lowest BCUT2D eigenvalue weighted by Crippen LogP contribution is -2.27. The Hall–Kier alpha value is -1.56. The van der Waals surface area contributed by atoms with Gasteiger partial charge in [-0.15, -0.1) is 0 Å². The van der Waals surface area contributed by atoms with Gasteiger partial charge in [0.2, 0.25) is 11.9 Å². The maximum atomic E-state index is 11.2. The first-order chi connectivity index (χ1) is 8.58. The minimum absolute atomic E-state index is 0.0149. The van der Waals surface area contributed by atoms with Crippen LogP contribution in [0, 0.1) is 0 Å². The third-order valence-corrected chi connectivity index (χ3v) is 2.64. The van der Waals surface area contributed by atoms with Crippen molar-refractivity contribution in [3.05, 3.63) is 11.2 Å². The van der Waals surface area contributed by atoms with Crippen molar-refractivity contribution in [1.29, 1.82) is 0 Å². The van der Waals surface area contributed by atoms with E-state index in [9.17, 15) is 4.79 Å². The third-order valence-electron chi connectivity index (χ3n) is 2.38. The number of hydrogen-bond acceptors (Lipinski definition) is 5. The summed E-state index contributed by atoms with van der Waals surface area (Å²) in [5.74, 6) is 1.13.